The molecule has 1 aromatic carbocycles. The summed E-state index contributed by atoms with van der Waals surface area (Å²) in [6, 6.07) is 7.31. The minimum absolute atomic E-state index is 0.0644. The lowest BCUT2D eigenvalue weighted by Crippen LogP contribution is -2.39. The van der Waals surface area contributed by atoms with Gasteiger partial charge in [-0.05, 0) is 17.5 Å². The van der Waals surface area contributed by atoms with E-state index in [1.807, 2.05) is 24.3 Å². The summed E-state index contributed by atoms with van der Waals surface area (Å²) in [6.07, 6.45) is 0. The maximum absolute atomic E-state index is 11.6. The SMILES string of the molecule is CC(C)(C)CNC(=O)NCc1nc2ccccc2o1. The summed E-state index contributed by atoms with van der Waals surface area (Å²) in [5, 5.41) is 5.53. The number of fused-ring (bicyclic) bond motifs is 1. The lowest BCUT2D eigenvalue weighted by atomic mass is 9.97. The molecule has 102 valence electrons. The molecule has 2 aromatic rings. The number of oxazole rings is 1. The molecule has 2 rings (SSSR count). The van der Waals surface area contributed by atoms with Crippen LogP contribution < -0.4 is 10.6 Å². The fraction of sp³-hybridized carbons (Fsp3) is 0.429. The summed E-state index contributed by atoms with van der Waals surface area (Å²) in [4.78, 5) is 15.9. The summed E-state index contributed by atoms with van der Waals surface area (Å²) >= 11 is 0. The molecule has 0 fully saturated rings. The third-order valence-corrected chi connectivity index (χ3v) is 2.52. The van der Waals surface area contributed by atoms with E-state index in [1.54, 1.807) is 0 Å². The smallest absolute Gasteiger partial charge is 0.315 e. The van der Waals surface area contributed by atoms with E-state index in [-0.39, 0.29) is 18.0 Å². The summed E-state index contributed by atoms with van der Waals surface area (Å²) < 4.78 is 5.51. The van der Waals surface area contributed by atoms with Crippen molar-refractivity contribution in [1.82, 2.24) is 15.6 Å². The van der Waals surface area contributed by atoms with Crippen LogP contribution in [0.1, 0.15) is 26.7 Å². The van der Waals surface area contributed by atoms with Crippen LogP contribution in [0.5, 0.6) is 0 Å². The van der Waals surface area contributed by atoms with Crippen LogP contribution in [0, 0.1) is 5.41 Å². The van der Waals surface area contributed by atoms with Crippen molar-refractivity contribution >= 4 is 17.1 Å². The number of benzene rings is 1. The van der Waals surface area contributed by atoms with Gasteiger partial charge in [-0.1, -0.05) is 32.9 Å². The Morgan fingerprint density at radius 2 is 2.00 bits per heavy atom. The normalized spacial score (nSPS) is 11.5. The predicted octanol–water partition coefficient (Wildman–Crippen LogP) is 2.67. The molecule has 5 nitrogen and oxygen atoms in total. The first-order chi connectivity index (χ1) is 8.94. The van der Waals surface area contributed by atoms with Gasteiger partial charge in [-0.15, -0.1) is 0 Å². The number of urea groups is 1. The molecule has 0 aliphatic heterocycles. The summed E-state index contributed by atoms with van der Waals surface area (Å²) in [7, 11) is 0. The maximum atomic E-state index is 11.6. The van der Waals surface area contributed by atoms with Crippen LogP contribution in [0.15, 0.2) is 28.7 Å². The monoisotopic (exact) mass is 261 g/mol. The van der Waals surface area contributed by atoms with Gasteiger partial charge < -0.3 is 15.1 Å². The molecule has 2 N–H and O–H groups in total. The van der Waals surface area contributed by atoms with Gasteiger partial charge in [0, 0.05) is 6.54 Å². The molecular weight excluding hydrogens is 242 g/mol. The van der Waals surface area contributed by atoms with E-state index in [0.717, 1.165) is 11.1 Å². The quantitative estimate of drug-likeness (QED) is 0.892. The number of rotatable bonds is 3. The number of amides is 2. The highest BCUT2D eigenvalue weighted by Gasteiger charge is 2.12. The minimum Gasteiger partial charge on any atom is -0.439 e. The van der Waals surface area contributed by atoms with E-state index in [2.05, 4.69) is 36.4 Å². The van der Waals surface area contributed by atoms with Crippen molar-refractivity contribution in [1.29, 1.82) is 0 Å². The number of nitrogens with zero attached hydrogens (tertiary/aromatic N) is 1. The molecule has 5 heteroatoms. The van der Waals surface area contributed by atoms with Crippen molar-refractivity contribution in [3.05, 3.63) is 30.2 Å². The molecule has 2 amide bonds. The number of hydrogen-bond donors (Lipinski definition) is 2. The Labute approximate surface area is 112 Å². The zero-order chi connectivity index (χ0) is 13.9. The highest BCUT2D eigenvalue weighted by molar-refractivity contribution is 5.74. The number of para-hydroxylation sites is 2. The zero-order valence-corrected chi connectivity index (χ0v) is 11.5. The average molecular weight is 261 g/mol. The Balaban J connectivity index is 1.86. The number of carbonyl (C=O) groups excluding carboxylic acids is 1. The topological polar surface area (TPSA) is 67.2 Å². The summed E-state index contributed by atoms with van der Waals surface area (Å²) in [5.74, 6) is 0.507. The lowest BCUT2D eigenvalue weighted by molar-refractivity contribution is 0.234. The van der Waals surface area contributed by atoms with E-state index >= 15 is 0 Å². The molecular formula is C14H19N3O2. The van der Waals surface area contributed by atoms with Crippen LogP contribution in [0.3, 0.4) is 0 Å². The number of aromatic nitrogens is 1. The van der Waals surface area contributed by atoms with Crippen molar-refractivity contribution < 1.29 is 9.21 Å². The molecule has 0 saturated heterocycles. The van der Waals surface area contributed by atoms with Crippen molar-refractivity contribution in [2.45, 2.75) is 27.3 Å². The Morgan fingerprint density at radius 1 is 1.26 bits per heavy atom. The lowest BCUT2D eigenvalue weighted by Gasteiger charge is -2.18. The number of carbonyl (C=O) groups is 1. The second-order valence-corrected chi connectivity index (χ2v) is 5.67. The molecule has 0 unspecified atom stereocenters. The second kappa shape index (κ2) is 5.30. The molecule has 0 atom stereocenters. The molecule has 0 aliphatic rings. The fourth-order valence-electron chi connectivity index (χ4n) is 1.56. The highest BCUT2D eigenvalue weighted by Crippen LogP contribution is 2.14. The third-order valence-electron chi connectivity index (χ3n) is 2.52. The van der Waals surface area contributed by atoms with Gasteiger partial charge in [0.1, 0.15) is 5.52 Å². The third kappa shape index (κ3) is 3.98. The van der Waals surface area contributed by atoms with Crippen LogP contribution in [0.25, 0.3) is 11.1 Å². The first-order valence-electron chi connectivity index (χ1n) is 6.30. The van der Waals surface area contributed by atoms with E-state index in [1.165, 1.54) is 0 Å². The molecule has 1 heterocycles. The van der Waals surface area contributed by atoms with Crippen molar-refractivity contribution in [2.75, 3.05) is 6.54 Å². The van der Waals surface area contributed by atoms with Crippen molar-refractivity contribution in [3.63, 3.8) is 0 Å². The Hall–Kier alpha value is -2.04. The Morgan fingerprint density at radius 3 is 2.68 bits per heavy atom. The zero-order valence-electron chi connectivity index (χ0n) is 11.5. The van der Waals surface area contributed by atoms with Crippen molar-refractivity contribution in [3.8, 4) is 0 Å². The van der Waals surface area contributed by atoms with Gasteiger partial charge in [0.2, 0.25) is 5.89 Å². The minimum atomic E-state index is -0.211. The van der Waals surface area contributed by atoms with E-state index in [0.29, 0.717) is 12.4 Å². The van der Waals surface area contributed by atoms with Gasteiger partial charge in [0.15, 0.2) is 5.58 Å². The van der Waals surface area contributed by atoms with Gasteiger partial charge in [0.05, 0.1) is 6.54 Å². The average Bonchev–Trinajstić information content (AvgIpc) is 2.75. The first-order valence-corrected chi connectivity index (χ1v) is 6.30. The Bertz CT molecular complexity index is 536. The van der Waals surface area contributed by atoms with Gasteiger partial charge in [-0.2, -0.15) is 0 Å². The Kier molecular flexibility index (Phi) is 3.74. The summed E-state index contributed by atoms with van der Waals surface area (Å²) in [6.45, 7) is 7.09. The highest BCUT2D eigenvalue weighted by atomic mass is 16.3. The molecule has 0 saturated carbocycles. The van der Waals surface area contributed by atoms with Crippen LogP contribution in [0.2, 0.25) is 0 Å². The number of hydrogen-bond acceptors (Lipinski definition) is 3. The predicted molar refractivity (Wildman–Crippen MR) is 73.7 cm³/mol. The molecule has 0 aliphatic carbocycles. The van der Waals surface area contributed by atoms with Gasteiger partial charge in [0.25, 0.3) is 0 Å². The maximum Gasteiger partial charge on any atom is 0.315 e. The van der Waals surface area contributed by atoms with Crippen LogP contribution in [-0.4, -0.2) is 17.6 Å². The van der Waals surface area contributed by atoms with Gasteiger partial charge >= 0.3 is 6.03 Å². The molecule has 0 bridgehead atoms. The first kappa shape index (κ1) is 13.4. The van der Waals surface area contributed by atoms with Crippen LogP contribution in [-0.2, 0) is 6.54 Å². The number of nitrogens with one attached hydrogen (secondary N) is 2. The fourth-order valence-corrected chi connectivity index (χ4v) is 1.56. The van der Waals surface area contributed by atoms with E-state index in [9.17, 15) is 4.79 Å². The van der Waals surface area contributed by atoms with E-state index < -0.39 is 0 Å². The van der Waals surface area contributed by atoms with Crippen LogP contribution >= 0.6 is 0 Å². The van der Waals surface area contributed by atoms with E-state index in [4.69, 9.17) is 4.42 Å². The largest absolute Gasteiger partial charge is 0.439 e. The molecule has 0 spiro atoms. The van der Waals surface area contributed by atoms with Gasteiger partial charge in [-0.3, -0.25) is 0 Å². The molecule has 1 aromatic heterocycles. The van der Waals surface area contributed by atoms with Crippen molar-refractivity contribution in [2.24, 2.45) is 5.41 Å². The summed E-state index contributed by atoms with van der Waals surface area (Å²) in [5.41, 5.74) is 1.60. The van der Waals surface area contributed by atoms with Gasteiger partial charge in [-0.25, -0.2) is 9.78 Å². The van der Waals surface area contributed by atoms with Crippen LogP contribution in [0.4, 0.5) is 4.79 Å². The standard InChI is InChI=1S/C14H19N3O2/c1-14(2,3)9-16-13(18)15-8-12-17-10-6-4-5-7-11(10)19-12/h4-7H,8-9H2,1-3H3,(H2,15,16,18). The molecule has 19 heavy (non-hydrogen) atoms. The second-order valence-electron chi connectivity index (χ2n) is 5.67. The molecule has 0 radical (unpaired) electrons.